The summed E-state index contributed by atoms with van der Waals surface area (Å²) in [4.78, 5) is 23.5. The fourth-order valence-corrected chi connectivity index (χ4v) is 3.33. The Hall–Kier alpha value is -1.81. The molecule has 0 aliphatic rings. The average molecular weight is 367 g/mol. The summed E-state index contributed by atoms with van der Waals surface area (Å²) in [5, 5.41) is 5.24. The molecule has 1 heterocycles. The van der Waals surface area contributed by atoms with E-state index in [-0.39, 0.29) is 11.8 Å². The Morgan fingerprint density at radius 2 is 2.00 bits per heavy atom. The SMILES string of the molecule is CCCCNC(=O)NS(=O)(=O)c1c(C(=O)OCC)c(Cl)nn1C. The zero-order valence-corrected chi connectivity index (χ0v) is 14.6. The highest BCUT2D eigenvalue weighted by Crippen LogP contribution is 2.23. The molecule has 130 valence electrons. The molecule has 9 nitrogen and oxygen atoms in total. The summed E-state index contributed by atoms with van der Waals surface area (Å²) >= 11 is 5.80. The van der Waals surface area contributed by atoms with Crippen molar-refractivity contribution in [3.8, 4) is 0 Å². The molecule has 0 bridgehead atoms. The zero-order chi connectivity index (χ0) is 17.6. The number of carbonyl (C=O) groups is 2. The van der Waals surface area contributed by atoms with Crippen LogP contribution in [0, 0.1) is 0 Å². The van der Waals surface area contributed by atoms with E-state index in [1.807, 2.05) is 11.6 Å². The Morgan fingerprint density at radius 3 is 2.57 bits per heavy atom. The van der Waals surface area contributed by atoms with Crippen molar-refractivity contribution in [3.63, 3.8) is 0 Å². The van der Waals surface area contributed by atoms with Crippen molar-refractivity contribution in [1.29, 1.82) is 0 Å². The summed E-state index contributed by atoms with van der Waals surface area (Å²) in [6.07, 6.45) is 1.55. The lowest BCUT2D eigenvalue weighted by Gasteiger charge is -2.10. The number of amides is 2. The number of unbranched alkanes of at least 4 members (excludes halogenated alkanes) is 1. The van der Waals surface area contributed by atoms with Crippen LogP contribution in [0.3, 0.4) is 0 Å². The third-order valence-electron chi connectivity index (χ3n) is 2.73. The molecule has 0 spiro atoms. The number of halogens is 1. The molecule has 0 fully saturated rings. The number of aryl methyl sites for hydroxylation is 1. The number of sulfonamides is 1. The summed E-state index contributed by atoms with van der Waals surface area (Å²) in [5.41, 5.74) is -0.412. The van der Waals surface area contributed by atoms with Gasteiger partial charge in [0, 0.05) is 13.6 Å². The van der Waals surface area contributed by atoms with Gasteiger partial charge in [0.1, 0.15) is 5.56 Å². The van der Waals surface area contributed by atoms with Gasteiger partial charge in [0.15, 0.2) is 10.2 Å². The number of nitrogens with one attached hydrogen (secondary N) is 2. The van der Waals surface area contributed by atoms with Gasteiger partial charge in [-0.2, -0.15) is 13.5 Å². The van der Waals surface area contributed by atoms with Gasteiger partial charge >= 0.3 is 12.0 Å². The van der Waals surface area contributed by atoms with Crippen molar-refractivity contribution in [2.24, 2.45) is 7.05 Å². The van der Waals surface area contributed by atoms with Gasteiger partial charge in [0.05, 0.1) is 6.61 Å². The maximum Gasteiger partial charge on any atom is 0.344 e. The number of urea groups is 1. The number of esters is 1. The van der Waals surface area contributed by atoms with E-state index >= 15 is 0 Å². The summed E-state index contributed by atoms with van der Waals surface area (Å²) in [6.45, 7) is 3.86. The number of aromatic nitrogens is 2. The number of carbonyl (C=O) groups excluding carboxylic acids is 2. The van der Waals surface area contributed by atoms with Gasteiger partial charge in [-0.3, -0.25) is 4.68 Å². The second-order valence-electron chi connectivity index (χ2n) is 4.53. The van der Waals surface area contributed by atoms with Crippen LogP contribution < -0.4 is 10.0 Å². The van der Waals surface area contributed by atoms with Crippen molar-refractivity contribution in [1.82, 2.24) is 19.8 Å². The Morgan fingerprint density at radius 1 is 1.35 bits per heavy atom. The predicted molar refractivity (Wildman–Crippen MR) is 82.8 cm³/mol. The second kappa shape index (κ2) is 8.16. The molecule has 23 heavy (non-hydrogen) atoms. The maximum atomic E-state index is 12.3. The van der Waals surface area contributed by atoms with Crippen LogP contribution in [0.2, 0.25) is 5.15 Å². The molecule has 0 radical (unpaired) electrons. The van der Waals surface area contributed by atoms with E-state index in [0.29, 0.717) is 13.0 Å². The minimum atomic E-state index is -4.35. The fraction of sp³-hybridized carbons (Fsp3) is 0.583. The average Bonchev–Trinajstić information content (AvgIpc) is 2.74. The minimum Gasteiger partial charge on any atom is -0.462 e. The highest BCUT2D eigenvalue weighted by Gasteiger charge is 2.32. The second-order valence-corrected chi connectivity index (χ2v) is 6.49. The van der Waals surface area contributed by atoms with Crippen molar-refractivity contribution in [2.45, 2.75) is 31.7 Å². The first kappa shape index (κ1) is 19.2. The first-order valence-electron chi connectivity index (χ1n) is 6.94. The molecule has 0 unspecified atom stereocenters. The van der Waals surface area contributed by atoms with Gasteiger partial charge in [-0.1, -0.05) is 24.9 Å². The van der Waals surface area contributed by atoms with Crippen LogP contribution in [0.25, 0.3) is 0 Å². The smallest absolute Gasteiger partial charge is 0.344 e. The number of hydrogen-bond donors (Lipinski definition) is 2. The molecular weight excluding hydrogens is 348 g/mol. The summed E-state index contributed by atoms with van der Waals surface area (Å²) in [7, 11) is -3.06. The van der Waals surface area contributed by atoms with Crippen molar-refractivity contribution >= 4 is 33.6 Å². The fourth-order valence-electron chi connectivity index (χ4n) is 1.75. The summed E-state index contributed by atoms with van der Waals surface area (Å²) in [6, 6.07) is -0.898. The number of rotatable bonds is 7. The van der Waals surface area contributed by atoms with Gasteiger partial charge in [0.25, 0.3) is 10.0 Å². The van der Waals surface area contributed by atoms with E-state index in [1.165, 1.54) is 7.05 Å². The van der Waals surface area contributed by atoms with Crippen molar-refractivity contribution in [2.75, 3.05) is 13.2 Å². The highest BCUT2D eigenvalue weighted by molar-refractivity contribution is 7.90. The molecular formula is C12H19ClN4O5S. The van der Waals surface area contributed by atoms with E-state index < -0.39 is 32.6 Å². The molecule has 0 saturated carbocycles. The van der Waals surface area contributed by atoms with Crippen LogP contribution in [-0.2, 0) is 21.8 Å². The molecule has 0 atom stereocenters. The number of ether oxygens (including phenoxy) is 1. The van der Waals surface area contributed by atoms with Crippen molar-refractivity contribution < 1.29 is 22.7 Å². The monoisotopic (exact) mass is 366 g/mol. The van der Waals surface area contributed by atoms with Crippen LogP contribution in [0.15, 0.2) is 5.03 Å². The molecule has 1 rings (SSSR count). The van der Waals surface area contributed by atoms with Gasteiger partial charge in [-0.05, 0) is 13.3 Å². The number of nitrogens with zero attached hydrogens (tertiary/aromatic N) is 2. The van der Waals surface area contributed by atoms with Gasteiger partial charge in [0.2, 0.25) is 0 Å². The molecule has 11 heteroatoms. The van der Waals surface area contributed by atoms with E-state index in [1.54, 1.807) is 6.92 Å². The lowest BCUT2D eigenvalue weighted by molar-refractivity contribution is 0.0521. The molecule has 0 aliphatic heterocycles. The Kier molecular flexibility index (Phi) is 6.82. The van der Waals surface area contributed by atoms with E-state index in [0.717, 1.165) is 11.1 Å². The first-order chi connectivity index (χ1) is 10.7. The lowest BCUT2D eigenvalue weighted by atomic mass is 10.3. The highest BCUT2D eigenvalue weighted by atomic mass is 35.5. The van der Waals surface area contributed by atoms with Gasteiger partial charge in [-0.25, -0.2) is 14.3 Å². The van der Waals surface area contributed by atoms with Crippen LogP contribution in [0.1, 0.15) is 37.0 Å². The first-order valence-corrected chi connectivity index (χ1v) is 8.80. The molecule has 0 saturated heterocycles. The molecule has 2 amide bonds. The van der Waals surface area contributed by atoms with E-state index in [4.69, 9.17) is 16.3 Å². The normalized spacial score (nSPS) is 11.1. The van der Waals surface area contributed by atoms with E-state index in [9.17, 15) is 18.0 Å². The molecule has 1 aromatic heterocycles. The molecule has 1 aromatic rings. The third kappa shape index (κ3) is 4.83. The lowest BCUT2D eigenvalue weighted by Crippen LogP contribution is -2.40. The Bertz CT molecular complexity index is 686. The van der Waals surface area contributed by atoms with Crippen LogP contribution in [-0.4, -0.2) is 43.4 Å². The Labute approximate surface area is 139 Å². The van der Waals surface area contributed by atoms with Crippen LogP contribution in [0.4, 0.5) is 4.79 Å². The third-order valence-corrected chi connectivity index (χ3v) is 4.43. The Balaban J connectivity index is 3.09. The maximum absolute atomic E-state index is 12.3. The predicted octanol–water partition coefficient (Wildman–Crippen LogP) is 1.04. The van der Waals surface area contributed by atoms with Crippen LogP contribution >= 0.6 is 11.6 Å². The molecule has 0 aromatic carbocycles. The topological polar surface area (TPSA) is 119 Å². The van der Waals surface area contributed by atoms with Crippen molar-refractivity contribution in [3.05, 3.63) is 10.7 Å². The van der Waals surface area contributed by atoms with Gasteiger partial charge < -0.3 is 10.1 Å². The van der Waals surface area contributed by atoms with Crippen LogP contribution in [0.5, 0.6) is 0 Å². The standard InChI is InChI=1S/C12H19ClN4O5S/c1-4-6-7-14-12(19)16-23(20,21)10-8(11(18)22-5-2)9(13)15-17(10)3/h4-7H2,1-3H3,(H2,14,16,19). The molecule has 0 aliphatic carbocycles. The quantitative estimate of drug-likeness (QED) is 0.549. The summed E-state index contributed by atoms with van der Waals surface area (Å²) in [5.74, 6) is -0.933. The van der Waals surface area contributed by atoms with E-state index in [2.05, 4.69) is 10.4 Å². The molecule has 2 N–H and O–H groups in total. The summed E-state index contributed by atoms with van der Waals surface area (Å²) < 4.78 is 32.2. The minimum absolute atomic E-state index is 0.0362. The van der Waals surface area contributed by atoms with Gasteiger partial charge in [-0.15, -0.1) is 0 Å². The zero-order valence-electron chi connectivity index (χ0n) is 13.1. The largest absolute Gasteiger partial charge is 0.462 e. The number of hydrogen-bond acceptors (Lipinski definition) is 6.